The highest BCUT2D eigenvalue weighted by molar-refractivity contribution is 5.79. The molecule has 1 aliphatic heterocycles. The lowest BCUT2D eigenvalue weighted by Gasteiger charge is -2.33. The van der Waals surface area contributed by atoms with Crippen LogP contribution in [0.2, 0.25) is 0 Å². The molecule has 1 N–H and O–H groups in total. The summed E-state index contributed by atoms with van der Waals surface area (Å²) in [6.45, 7) is 1.77. The summed E-state index contributed by atoms with van der Waals surface area (Å²) in [6, 6.07) is 17.8. The molecule has 1 aliphatic rings. The molecule has 0 saturated carbocycles. The molecule has 26 heavy (non-hydrogen) atoms. The summed E-state index contributed by atoms with van der Waals surface area (Å²) in [5.41, 5.74) is 3.28. The van der Waals surface area contributed by atoms with E-state index in [-0.39, 0.29) is 24.5 Å². The fourth-order valence-electron chi connectivity index (χ4n) is 3.23. The Morgan fingerprint density at radius 3 is 2.65 bits per heavy atom. The minimum absolute atomic E-state index is 0.105. The van der Waals surface area contributed by atoms with Crippen LogP contribution in [0.3, 0.4) is 0 Å². The van der Waals surface area contributed by atoms with Gasteiger partial charge in [-0.3, -0.25) is 4.79 Å². The highest BCUT2D eigenvalue weighted by Crippen LogP contribution is 2.40. The van der Waals surface area contributed by atoms with Crippen molar-refractivity contribution >= 4 is 5.91 Å². The van der Waals surface area contributed by atoms with Crippen LogP contribution in [0.1, 0.15) is 41.1 Å². The van der Waals surface area contributed by atoms with E-state index in [9.17, 15) is 4.79 Å². The molecule has 4 rings (SSSR count). The quantitative estimate of drug-likeness (QED) is 0.782. The van der Waals surface area contributed by atoms with Gasteiger partial charge in [0.15, 0.2) is 0 Å². The van der Waals surface area contributed by atoms with Gasteiger partial charge in [-0.25, -0.2) is 4.63 Å². The number of fused-ring (bicyclic) bond motifs is 1. The lowest BCUT2D eigenvalue weighted by Crippen LogP contribution is -2.34. The van der Waals surface area contributed by atoms with Crippen LogP contribution in [0.4, 0.5) is 0 Å². The van der Waals surface area contributed by atoms with Crippen LogP contribution in [0, 0.1) is 6.92 Å². The van der Waals surface area contributed by atoms with Crippen molar-refractivity contribution in [1.82, 2.24) is 15.6 Å². The zero-order chi connectivity index (χ0) is 17.9. The molecule has 0 unspecified atom stereocenters. The molecule has 0 bridgehead atoms. The van der Waals surface area contributed by atoms with Crippen molar-refractivity contribution in [2.75, 3.05) is 0 Å². The Morgan fingerprint density at radius 2 is 1.88 bits per heavy atom. The maximum absolute atomic E-state index is 12.5. The van der Waals surface area contributed by atoms with E-state index >= 15 is 0 Å². The van der Waals surface area contributed by atoms with E-state index in [0.29, 0.717) is 17.8 Å². The van der Waals surface area contributed by atoms with Crippen LogP contribution in [-0.4, -0.2) is 16.2 Å². The van der Waals surface area contributed by atoms with Crippen molar-refractivity contribution in [1.29, 1.82) is 0 Å². The van der Waals surface area contributed by atoms with E-state index in [1.165, 1.54) is 0 Å². The molecule has 0 spiro atoms. The summed E-state index contributed by atoms with van der Waals surface area (Å²) in [6.07, 6.45) is 0.708. The highest BCUT2D eigenvalue weighted by Gasteiger charge is 2.30. The smallest absolute Gasteiger partial charge is 0.226 e. The molecule has 0 fully saturated rings. The van der Waals surface area contributed by atoms with Crippen LogP contribution >= 0.6 is 0 Å². The zero-order valence-electron chi connectivity index (χ0n) is 14.4. The van der Waals surface area contributed by atoms with Gasteiger partial charge in [-0.2, -0.15) is 0 Å². The Labute approximate surface area is 151 Å². The van der Waals surface area contributed by atoms with Gasteiger partial charge in [0.2, 0.25) is 5.91 Å². The van der Waals surface area contributed by atoms with Gasteiger partial charge in [-0.15, -0.1) is 0 Å². The Balaban J connectivity index is 1.55. The summed E-state index contributed by atoms with van der Waals surface area (Å²) in [5, 5.41) is 10.6. The second-order valence-corrected chi connectivity index (χ2v) is 6.38. The molecule has 0 saturated heterocycles. The molecular formula is C20H19N3O3. The van der Waals surface area contributed by atoms with E-state index in [1.807, 2.05) is 54.6 Å². The number of carbonyl (C=O) groups excluding carboxylic acids is 1. The SMILES string of the molecule is Cc1nonc1CC(=O)N[C@@H]1C[C@@H](c2ccccc2)Oc2ccccc21. The van der Waals surface area contributed by atoms with E-state index in [0.717, 1.165) is 16.9 Å². The predicted molar refractivity (Wildman–Crippen MR) is 94.5 cm³/mol. The van der Waals surface area contributed by atoms with Gasteiger partial charge in [-0.05, 0) is 18.6 Å². The molecule has 6 heteroatoms. The Bertz CT molecular complexity index is 907. The first kappa shape index (κ1) is 16.3. The maximum atomic E-state index is 12.5. The van der Waals surface area contributed by atoms with E-state index < -0.39 is 0 Å². The number of hydrogen-bond acceptors (Lipinski definition) is 5. The van der Waals surface area contributed by atoms with Gasteiger partial charge in [0.05, 0.1) is 12.5 Å². The zero-order valence-corrected chi connectivity index (χ0v) is 14.4. The summed E-state index contributed by atoms with van der Waals surface area (Å²) >= 11 is 0. The number of aryl methyl sites for hydroxylation is 1. The molecule has 1 aromatic heterocycles. The number of rotatable bonds is 4. The van der Waals surface area contributed by atoms with Crippen molar-refractivity contribution in [3.05, 3.63) is 77.1 Å². The van der Waals surface area contributed by atoms with Crippen LogP contribution in [-0.2, 0) is 11.2 Å². The molecule has 132 valence electrons. The molecule has 0 aliphatic carbocycles. The van der Waals surface area contributed by atoms with Crippen molar-refractivity contribution in [3.63, 3.8) is 0 Å². The number of nitrogens with one attached hydrogen (secondary N) is 1. The van der Waals surface area contributed by atoms with Gasteiger partial charge >= 0.3 is 0 Å². The van der Waals surface area contributed by atoms with Crippen LogP contribution in [0.25, 0.3) is 0 Å². The number of benzene rings is 2. The van der Waals surface area contributed by atoms with Gasteiger partial charge in [0.1, 0.15) is 23.2 Å². The predicted octanol–water partition coefficient (Wildman–Crippen LogP) is 3.30. The molecule has 6 nitrogen and oxygen atoms in total. The molecule has 2 aromatic carbocycles. The largest absolute Gasteiger partial charge is 0.485 e. The normalized spacial score (nSPS) is 18.7. The molecular weight excluding hydrogens is 330 g/mol. The average Bonchev–Trinajstić information content (AvgIpc) is 3.07. The van der Waals surface area contributed by atoms with Gasteiger partial charge < -0.3 is 10.1 Å². The van der Waals surface area contributed by atoms with Gasteiger partial charge in [0.25, 0.3) is 0 Å². The topological polar surface area (TPSA) is 77.2 Å². The lowest BCUT2D eigenvalue weighted by atomic mass is 9.93. The number of ether oxygens (including phenoxy) is 1. The fraction of sp³-hybridized carbons (Fsp3) is 0.250. The number of carbonyl (C=O) groups is 1. The monoisotopic (exact) mass is 349 g/mol. The number of para-hydroxylation sites is 1. The maximum Gasteiger partial charge on any atom is 0.226 e. The Hall–Kier alpha value is -3.15. The minimum Gasteiger partial charge on any atom is -0.485 e. The van der Waals surface area contributed by atoms with Gasteiger partial charge in [0, 0.05) is 12.0 Å². The third-order valence-corrected chi connectivity index (χ3v) is 4.59. The number of hydrogen-bond donors (Lipinski definition) is 1. The van der Waals surface area contributed by atoms with E-state index in [1.54, 1.807) is 6.92 Å². The molecule has 3 aromatic rings. The van der Waals surface area contributed by atoms with Crippen molar-refractivity contribution in [3.8, 4) is 5.75 Å². The fourth-order valence-corrected chi connectivity index (χ4v) is 3.23. The third kappa shape index (κ3) is 3.31. The standard InChI is InChI=1S/C20H19N3O3/c1-13-16(23-26-22-13)12-20(24)21-17-11-19(14-7-3-2-4-8-14)25-18-10-6-5-9-15(17)18/h2-10,17,19H,11-12H2,1H3,(H,21,24)/t17-,19+/m1/s1. The second-order valence-electron chi connectivity index (χ2n) is 6.38. The van der Waals surface area contributed by atoms with E-state index in [4.69, 9.17) is 4.74 Å². The summed E-state index contributed by atoms with van der Waals surface area (Å²) in [5.74, 6) is 0.689. The Morgan fingerprint density at radius 1 is 1.12 bits per heavy atom. The summed E-state index contributed by atoms with van der Waals surface area (Å²) in [4.78, 5) is 12.5. The first-order valence-electron chi connectivity index (χ1n) is 8.58. The summed E-state index contributed by atoms with van der Waals surface area (Å²) in [7, 11) is 0. The number of aromatic nitrogens is 2. The first-order valence-corrected chi connectivity index (χ1v) is 8.58. The number of nitrogens with zero attached hydrogens (tertiary/aromatic N) is 2. The average molecular weight is 349 g/mol. The van der Waals surface area contributed by atoms with Crippen molar-refractivity contribution < 1.29 is 14.2 Å². The Kier molecular flexibility index (Phi) is 4.39. The van der Waals surface area contributed by atoms with Crippen LogP contribution < -0.4 is 10.1 Å². The van der Waals surface area contributed by atoms with Crippen LogP contribution in [0.15, 0.2) is 59.2 Å². The van der Waals surface area contributed by atoms with Crippen molar-refractivity contribution in [2.24, 2.45) is 0 Å². The molecule has 2 atom stereocenters. The minimum atomic E-state index is -0.127. The molecule has 1 amide bonds. The van der Waals surface area contributed by atoms with Crippen molar-refractivity contribution in [2.45, 2.75) is 31.9 Å². The summed E-state index contributed by atoms with van der Waals surface area (Å²) < 4.78 is 10.8. The van der Waals surface area contributed by atoms with E-state index in [2.05, 4.69) is 20.3 Å². The molecule has 0 radical (unpaired) electrons. The van der Waals surface area contributed by atoms with Gasteiger partial charge in [-0.1, -0.05) is 58.8 Å². The molecule has 2 heterocycles. The highest BCUT2D eigenvalue weighted by atomic mass is 16.6. The van der Waals surface area contributed by atoms with Crippen LogP contribution in [0.5, 0.6) is 5.75 Å². The number of amides is 1. The first-order chi connectivity index (χ1) is 12.7. The third-order valence-electron chi connectivity index (χ3n) is 4.59. The second kappa shape index (κ2) is 7.00. The lowest BCUT2D eigenvalue weighted by molar-refractivity contribution is -0.121.